The number of carboxylic acid groups (broad SMARTS) is 1. The van der Waals surface area contributed by atoms with E-state index in [4.69, 9.17) is 5.11 Å². The molecule has 2 fully saturated rings. The summed E-state index contributed by atoms with van der Waals surface area (Å²) in [6.07, 6.45) is 2.86. The van der Waals surface area contributed by atoms with Gasteiger partial charge in [0.25, 0.3) is 5.91 Å². The molecule has 2 rings (SSSR count). The van der Waals surface area contributed by atoms with Crippen LogP contribution in [0.3, 0.4) is 0 Å². The Morgan fingerprint density at radius 1 is 1.22 bits per heavy atom. The molecule has 1 saturated heterocycles. The molecule has 0 bridgehead atoms. The van der Waals surface area contributed by atoms with Crippen molar-refractivity contribution in [3.05, 3.63) is 0 Å². The van der Waals surface area contributed by atoms with E-state index >= 15 is 0 Å². The Hall–Kier alpha value is -2.12. The van der Waals surface area contributed by atoms with Gasteiger partial charge in [0.15, 0.2) is 0 Å². The summed E-state index contributed by atoms with van der Waals surface area (Å²) >= 11 is 0. The van der Waals surface area contributed by atoms with Crippen LogP contribution in [0.4, 0.5) is 4.79 Å². The molecule has 0 radical (unpaired) electrons. The molecule has 1 aliphatic heterocycles. The number of urea groups is 1. The molecule has 4 amide bonds. The Labute approximate surface area is 134 Å². The molecule has 0 aromatic heterocycles. The van der Waals surface area contributed by atoms with Crippen molar-refractivity contribution < 1.29 is 24.3 Å². The lowest BCUT2D eigenvalue weighted by atomic mass is 9.97. The first kappa shape index (κ1) is 17.2. The highest BCUT2D eigenvalue weighted by Crippen LogP contribution is 2.35. The Kier molecular flexibility index (Phi) is 4.63. The van der Waals surface area contributed by atoms with Gasteiger partial charge in [-0.2, -0.15) is 0 Å². The average Bonchev–Trinajstić information content (AvgIpc) is 3.01. The summed E-state index contributed by atoms with van der Waals surface area (Å²) in [5.41, 5.74) is -0.879. The van der Waals surface area contributed by atoms with E-state index in [0.29, 0.717) is 12.8 Å². The van der Waals surface area contributed by atoms with Gasteiger partial charge in [-0.15, -0.1) is 0 Å². The van der Waals surface area contributed by atoms with E-state index in [1.165, 1.54) is 6.92 Å². The van der Waals surface area contributed by atoms with Gasteiger partial charge in [-0.1, -0.05) is 26.7 Å². The minimum absolute atomic E-state index is 0.312. The number of aliphatic carboxylic acids is 1. The first-order chi connectivity index (χ1) is 10.7. The van der Waals surface area contributed by atoms with Gasteiger partial charge in [0.05, 0.1) is 0 Å². The van der Waals surface area contributed by atoms with Crippen molar-refractivity contribution in [1.82, 2.24) is 15.5 Å². The van der Waals surface area contributed by atoms with Crippen LogP contribution in [0.1, 0.15) is 46.5 Å². The Morgan fingerprint density at radius 3 is 2.26 bits per heavy atom. The first-order valence-electron chi connectivity index (χ1n) is 7.88. The molecule has 1 saturated carbocycles. The lowest BCUT2D eigenvalue weighted by Crippen LogP contribution is -2.54. The topological polar surface area (TPSA) is 116 Å². The van der Waals surface area contributed by atoms with Gasteiger partial charge in [0, 0.05) is 0 Å². The summed E-state index contributed by atoms with van der Waals surface area (Å²) in [6.45, 7) is 4.77. The second kappa shape index (κ2) is 6.17. The number of carboxylic acids is 1. The maximum Gasteiger partial charge on any atom is 0.326 e. The van der Waals surface area contributed by atoms with Gasteiger partial charge in [0.1, 0.15) is 17.6 Å². The molecule has 0 aromatic rings. The fourth-order valence-electron chi connectivity index (χ4n) is 3.22. The van der Waals surface area contributed by atoms with E-state index in [0.717, 1.165) is 17.7 Å². The summed E-state index contributed by atoms with van der Waals surface area (Å²) in [7, 11) is 0. The summed E-state index contributed by atoms with van der Waals surface area (Å²) in [6, 6.07) is -2.70. The molecule has 1 heterocycles. The van der Waals surface area contributed by atoms with E-state index in [-0.39, 0.29) is 11.8 Å². The molecule has 1 unspecified atom stereocenters. The summed E-state index contributed by atoms with van der Waals surface area (Å²) in [5.74, 6) is -2.50. The fraction of sp³-hybridized carbons (Fsp3) is 0.733. The minimum atomic E-state index is -1.15. The van der Waals surface area contributed by atoms with Crippen molar-refractivity contribution in [2.75, 3.05) is 0 Å². The van der Waals surface area contributed by atoms with Gasteiger partial charge in [0.2, 0.25) is 5.91 Å². The van der Waals surface area contributed by atoms with E-state index in [2.05, 4.69) is 10.6 Å². The van der Waals surface area contributed by atoms with Crippen molar-refractivity contribution in [2.24, 2.45) is 5.92 Å². The van der Waals surface area contributed by atoms with Crippen LogP contribution in [-0.2, 0) is 14.4 Å². The monoisotopic (exact) mass is 325 g/mol. The highest BCUT2D eigenvalue weighted by molar-refractivity contribution is 6.10. The number of hydrogen-bond donors (Lipinski definition) is 3. The van der Waals surface area contributed by atoms with Crippen molar-refractivity contribution >= 4 is 23.8 Å². The zero-order valence-electron chi connectivity index (χ0n) is 13.6. The molecule has 2 aliphatic rings. The largest absolute Gasteiger partial charge is 0.480 e. The Bertz CT molecular complexity index is 539. The highest BCUT2D eigenvalue weighted by atomic mass is 16.4. The predicted molar refractivity (Wildman–Crippen MR) is 80.4 cm³/mol. The molecule has 8 nitrogen and oxygen atoms in total. The molecular formula is C15H23N3O5. The molecule has 1 spiro atoms. The zero-order chi connectivity index (χ0) is 17.4. The number of amides is 4. The number of rotatable bonds is 5. The molecule has 23 heavy (non-hydrogen) atoms. The number of carbonyl (C=O) groups excluding carboxylic acids is 3. The molecule has 128 valence electrons. The molecule has 1 aliphatic carbocycles. The maximum atomic E-state index is 12.6. The molecule has 0 aromatic carbocycles. The fourth-order valence-corrected chi connectivity index (χ4v) is 3.22. The van der Waals surface area contributed by atoms with E-state index in [1.54, 1.807) is 13.8 Å². The molecule has 8 heteroatoms. The van der Waals surface area contributed by atoms with Crippen LogP contribution in [0.25, 0.3) is 0 Å². The number of imide groups is 1. The van der Waals surface area contributed by atoms with Crippen LogP contribution in [-0.4, -0.2) is 51.4 Å². The average molecular weight is 325 g/mol. The predicted octanol–water partition coefficient (Wildman–Crippen LogP) is 0.465. The number of nitrogens with zero attached hydrogens (tertiary/aromatic N) is 1. The smallest absolute Gasteiger partial charge is 0.326 e. The highest BCUT2D eigenvalue weighted by Gasteiger charge is 2.54. The van der Waals surface area contributed by atoms with Crippen molar-refractivity contribution in [3.8, 4) is 0 Å². The van der Waals surface area contributed by atoms with Gasteiger partial charge in [-0.3, -0.25) is 9.59 Å². The zero-order valence-corrected chi connectivity index (χ0v) is 13.6. The van der Waals surface area contributed by atoms with Crippen LogP contribution < -0.4 is 10.6 Å². The maximum absolute atomic E-state index is 12.6. The number of nitrogens with one attached hydrogen (secondary N) is 2. The van der Waals surface area contributed by atoms with Crippen LogP contribution in [0.5, 0.6) is 0 Å². The van der Waals surface area contributed by atoms with Crippen LogP contribution in [0.2, 0.25) is 0 Å². The van der Waals surface area contributed by atoms with E-state index in [9.17, 15) is 19.2 Å². The second-order valence-corrected chi connectivity index (χ2v) is 6.64. The second-order valence-electron chi connectivity index (χ2n) is 6.64. The first-order valence-corrected chi connectivity index (χ1v) is 7.88. The van der Waals surface area contributed by atoms with E-state index in [1.807, 2.05) is 0 Å². The summed E-state index contributed by atoms with van der Waals surface area (Å²) in [5, 5.41) is 14.2. The SMILES string of the molecule is CC(C)[C@@H](NC(=O)C(C)N1C(=O)NC2(CCCC2)C1=O)C(=O)O. The molecular weight excluding hydrogens is 302 g/mol. The van der Waals surface area contributed by atoms with Crippen LogP contribution >= 0.6 is 0 Å². The van der Waals surface area contributed by atoms with Gasteiger partial charge in [-0.05, 0) is 25.7 Å². The Morgan fingerprint density at radius 2 is 1.78 bits per heavy atom. The Balaban J connectivity index is 2.11. The lowest BCUT2D eigenvalue weighted by Gasteiger charge is -2.25. The van der Waals surface area contributed by atoms with Gasteiger partial charge < -0.3 is 15.7 Å². The summed E-state index contributed by atoms with van der Waals surface area (Å²) < 4.78 is 0. The summed E-state index contributed by atoms with van der Waals surface area (Å²) in [4.78, 5) is 49.1. The molecule has 2 atom stereocenters. The van der Waals surface area contributed by atoms with Gasteiger partial charge in [-0.25, -0.2) is 14.5 Å². The third kappa shape index (κ3) is 3.02. The number of carbonyl (C=O) groups is 4. The van der Waals surface area contributed by atoms with Gasteiger partial charge >= 0.3 is 12.0 Å². The quantitative estimate of drug-likeness (QED) is 0.635. The van der Waals surface area contributed by atoms with Crippen LogP contribution in [0, 0.1) is 5.92 Å². The third-order valence-electron chi connectivity index (χ3n) is 4.65. The minimum Gasteiger partial charge on any atom is -0.480 e. The normalized spacial score (nSPS) is 22.3. The van der Waals surface area contributed by atoms with Crippen molar-refractivity contribution in [1.29, 1.82) is 0 Å². The standard InChI is InChI=1S/C15H23N3O5/c1-8(2)10(12(20)21)16-11(19)9(3)18-13(22)15(17-14(18)23)6-4-5-7-15/h8-10H,4-7H2,1-3H3,(H,16,19)(H,17,23)(H,20,21)/t9?,10-/m1/s1. The van der Waals surface area contributed by atoms with E-state index < -0.39 is 35.5 Å². The van der Waals surface area contributed by atoms with Crippen molar-refractivity contribution in [3.63, 3.8) is 0 Å². The van der Waals surface area contributed by atoms with Crippen molar-refractivity contribution in [2.45, 2.75) is 64.1 Å². The third-order valence-corrected chi connectivity index (χ3v) is 4.65. The lowest BCUT2D eigenvalue weighted by molar-refractivity contribution is -0.144. The number of hydrogen-bond acceptors (Lipinski definition) is 4. The van der Waals surface area contributed by atoms with Crippen LogP contribution in [0.15, 0.2) is 0 Å². The molecule has 3 N–H and O–H groups in total.